The minimum Gasteiger partial charge on any atom is -0.545 e. The van der Waals surface area contributed by atoms with Gasteiger partial charge in [-0.15, -0.1) is 0 Å². The first-order valence-electron chi connectivity index (χ1n) is 6.31. The molecule has 0 aliphatic carbocycles. The van der Waals surface area contributed by atoms with Gasteiger partial charge in [0.05, 0.1) is 16.7 Å². The van der Waals surface area contributed by atoms with Crippen LogP contribution in [0, 0.1) is 13.8 Å². The summed E-state index contributed by atoms with van der Waals surface area (Å²) < 4.78 is 27.3. The number of aryl methyl sites for hydroxylation is 2. The number of halogens is 1. The molecule has 116 valence electrons. The number of carbonyl (C=O) groups excluding carboxylic acids is 1. The first-order valence-corrected chi connectivity index (χ1v) is 8.18. The van der Waals surface area contributed by atoms with Gasteiger partial charge in [0.2, 0.25) is 0 Å². The van der Waals surface area contributed by atoms with Gasteiger partial charge < -0.3 is 9.90 Å². The van der Waals surface area contributed by atoms with Crippen molar-refractivity contribution in [1.29, 1.82) is 0 Å². The summed E-state index contributed by atoms with van der Waals surface area (Å²) in [6.07, 6.45) is 0. The number of carboxylic acid groups (broad SMARTS) is 1. The summed E-state index contributed by atoms with van der Waals surface area (Å²) in [5, 5.41) is 10.8. The van der Waals surface area contributed by atoms with Crippen LogP contribution in [0.25, 0.3) is 0 Å². The summed E-state index contributed by atoms with van der Waals surface area (Å²) >= 11 is 5.88. The van der Waals surface area contributed by atoms with Crippen molar-refractivity contribution < 1.29 is 18.3 Å². The van der Waals surface area contributed by atoms with Crippen molar-refractivity contribution in [3.8, 4) is 0 Å². The fourth-order valence-electron chi connectivity index (χ4n) is 1.96. The Hall–Kier alpha value is -2.05. The zero-order valence-corrected chi connectivity index (χ0v) is 13.5. The van der Waals surface area contributed by atoms with Crippen molar-refractivity contribution in [2.75, 3.05) is 4.72 Å². The van der Waals surface area contributed by atoms with Gasteiger partial charge in [0.15, 0.2) is 0 Å². The third-order valence-corrected chi connectivity index (χ3v) is 4.93. The number of anilines is 1. The normalized spacial score (nSPS) is 11.2. The number of hydrogen-bond acceptors (Lipinski definition) is 4. The molecule has 0 amide bonds. The molecule has 0 aliphatic rings. The highest BCUT2D eigenvalue weighted by Crippen LogP contribution is 2.26. The highest BCUT2D eigenvalue weighted by atomic mass is 35.5. The van der Waals surface area contributed by atoms with Gasteiger partial charge >= 0.3 is 0 Å². The predicted octanol–water partition coefficient (Wildman–Crippen LogP) is 2.12. The summed E-state index contributed by atoms with van der Waals surface area (Å²) in [5.74, 6) is -1.47. The third-order valence-electron chi connectivity index (χ3n) is 3.08. The van der Waals surface area contributed by atoms with Crippen LogP contribution in [0.1, 0.15) is 21.5 Å². The Morgan fingerprint density at radius 3 is 2.41 bits per heavy atom. The molecule has 0 unspecified atom stereocenters. The topological polar surface area (TPSA) is 86.3 Å². The second-order valence-electron chi connectivity index (χ2n) is 4.86. The lowest BCUT2D eigenvalue weighted by atomic mass is 10.1. The molecule has 0 bridgehead atoms. The zero-order chi connectivity index (χ0) is 16.5. The average molecular weight is 339 g/mol. The fourth-order valence-corrected chi connectivity index (χ4v) is 3.62. The number of benzene rings is 2. The maximum atomic E-state index is 12.4. The Morgan fingerprint density at radius 1 is 1.14 bits per heavy atom. The Morgan fingerprint density at radius 2 is 1.82 bits per heavy atom. The molecule has 0 atom stereocenters. The van der Waals surface area contributed by atoms with Crippen LogP contribution in [0.2, 0.25) is 5.02 Å². The molecule has 0 aliphatic heterocycles. The van der Waals surface area contributed by atoms with Crippen LogP contribution < -0.4 is 9.83 Å². The molecule has 0 radical (unpaired) electrons. The van der Waals surface area contributed by atoms with Crippen LogP contribution >= 0.6 is 11.6 Å². The van der Waals surface area contributed by atoms with Gasteiger partial charge in [-0.1, -0.05) is 35.4 Å². The van der Waals surface area contributed by atoms with E-state index in [-0.39, 0.29) is 15.5 Å². The number of nitrogens with one attached hydrogen (secondary N) is 1. The quantitative estimate of drug-likeness (QED) is 0.925. The minimum atomic E-state index is -4.01. The van der Waals surface area contributed by atoms with E-state index < -0.39 is 16.0 Å². The van der Waals surface area contributed by atoms with E-state index in [4.69, 9.17) is 11.6 Å². The van der Waals surface area contributed by atoms with Crippen LogP contribution in [0.4, 0.5) is 5.69 Å². The summed E-state index contributed by atoms with van der Waals surface area (Å²) in [4.78, 5) is 10.6. The highest BCUT2D eigenvalue weighted by molar-refractivity contribution is 7.92. The Labute approximate surface area is 133 Å². The number of carboxylic acids is 1. The summed E-state index contributed by atoms with van der Waals surface area (Å²) in [6, 6.07) is 8.61. The number of hydrogen-bond donors (Lipinski definition) is 1. The first-order chi connectivity index (χ1) is 10.2. The van der Waals surface area contributed by atoms with Gasteiger partial charge in [-0.2, -0.15) is 0 Å². The summed E-state index contributed by atoms with van der Waals surface area (Å²) in [6.45, 7) is 3.66. The first kappa shape index (κ1) is 16.3. The number of aromatic carboxylic acids is 1. The second-order valence-corrected chi connectivity index (χ2v) is 6.91. The maximum absolute atomic E-state index is 12.4. The van der Waals surface area contributed by atoms with Crippen molar-refractivity contribution >= 4 is 33.3 Å². The van der Waals surface area contributed by atoms with E-state index in [0.717, 1.165) is 17.2 Å². The van der Waals surface area contributed by atoms with Crippen LogP contribution in [0.5, 0.6) is 0 Å². The van der Waals surface area contributed by atoms with E-state index in [1.165, 1.54) is 12.1 Å². The monoisotopic (exact) mass is 338 g/mol. The van der Waals surface area contributed by atoms with Gasteiger partial charge in [-0.05, 0) is 43.2 Å². The molecular weight excluding hydrogens is 326 g/mol. The zero-order valence-electron chi connectivity index (χ0n) is 11.9. The SMILES string of the molecule is Cc1ccc(NS(=O)(=O)c2cc(C(=O)[O-])ccc2Cl)c(C)c1. The predicted molar refractivity (Wildman–Crippen MR) is 82.5 cm³/mol. The van der Waals surface area contributed by atoms with Gasteiger partial charge in [-0.25, -0.2) is 8.42 Å². The maximum Gasteiger partial charge on any atom is 0.263 e. The molecule has 0 aromatic heterocycles. The van der Waals surface area contributed by atoms with Crippen molar-refractivity contribution in [2.24, 2.45) is 0 Å². The van der Waals surface area contributed by atoms with Gasteiger partial charge in [0, 0.05) is 0 Å². The number of rotatable bonds is 4. The van der Waals surface area contributed by atoms with E-state index in [9.17, 15) is 18.3 Å². The van der Waals surface area contributed by atoms with Gasteiger partial charge in [0.25, 0.3) is 10.0 Å². The molecule has 0 saturated heterocycles. The molecule has 7 heteroatoms. The van der Waals surface area contributed by atoms with E-state index >= 15 is 0 Å². The number of sulfonamides is 1. The molecular formula is C15H13ClNO4S-. The van der Waals surface area contributed by atoms with Crippen molar-refractivity contribution in [2.45, 2.75) is 18.7 Å². The fraction of sp³-hybridized carbons (Fsp3) is 0.133. The smallest absolute Gasteiger partial charge is 0.263 e. The van der Waals surface area contributed by atoms with Crippen LogP contribution in [-0.2, 0) is 10.0 Å². The van der Waals surface area contributed by atoms with Gasteiger partial charge in [0.1, 0.15) is 4.90 Å². The van der Waals surface area contributed by atoms with Crippen molar-refractivity contribution in [3.05, 3.63) is 58.1 Å². The molecule has 2 rings (SSSR count). The Bertz CT molecular complexity index is 847. The molecule has 0 spiro atoms. The molecule has 2 aromatic carbocycles. The lowest BCUT2D eigenvalue weighted by Crippen LogP contribution is -2.23. The highest BCUT2D eigenvalue weighted by Gasteiger charge is 2.19. The Balaban J connectivity index is 2.46. The molecule has 0 heterocycles. The molecule has 0 fully saturated rings. The Kier molecular flexibility index (Phi) is 4.44. The molecule has 0 saturated carbocycles. The second kappa shape index (κ2) is 5.98. The largest absolute Gasteiger partial charge is 0.545 e. The summed E-state index contributed by atoms with van der Waals surface area (Å²) in [7, 11) is -4.01. The van der Waals surface area contributed by atoms with Crippen molar-refractivity contribution in [3.63, 3.8) is 0 Å². The van der Waals surface area contributed by atoms with Crippen LogP contribution in [0.15, 0.2) is 41.3 Å². The third kappa shape index (κ3) is 3.40. The number of carbonyl (C=O) groups is 1. The molecule has 1 N–H and O–H groups in total. The van der Waals surface area contributed by atoms with Crippen LogP contribution in [-0.4, -0.2) is 14.4 Å². The minimum absolute atomic E-state index is 0.0673. The molecule has 5 nitrogen and oxygen atoms in total. The average Bonchev–Trinajstić information content (AvgIpc) is 2.42. The lowest BCUT2D eigenvalue weighted by molar-refractivity contribution is -0.255. The van der Waals surface area contributed by atoms with Gasteiger partial charge in [-0.3, -0.25) is 4.72 Å². The van der Waals surface area contributed by atoms with E-state index in [2.05, 4.69) is 4.72 Å². The van der Waals surface area contributed by atoms with Crippen LogP contribution in [0.3, 0.4) is 0 Å². The lowest BCUT2D eigenvalue weighted by Gasteiger charge is -2.13. The van der Waals surface area contributed by atoms with E-state index in [1.807, 2.05) is 13.0 Å². The van der Waals surface area contributed by atoms with Crippen molar-refractivity contribution in [1.82, 2.24) is 0 Å². The van der Waals surface area contributed by atoms with E-state index in [1.54, 1.807) is 19.1 Å². The summed E-state index contributed by atoms with van der Waals surface area (Å²) in [5.41, 5.74) is 1.89. The molecule has 22 heavy (non-hydrogen) atoms. The standard InChI is InChI=1S/C15H14ClNO4S/c1-9-3-6-13(10(2)7-9)17-22(20,21)14-8-11(15(18)19)4-5-12(14)16/h3-8,17H,1-2H3,(H,18,19)/p-1. The van der Waals surface area contributed by atoms with E-state index in [0.29, 0.717) is 5.69 Å². The molecule has 2 aromatic rings.